The molecule has 0 aromatic heterocycles. The van der Waals surface area contributed by atoms with Gasteiger partial charge in [0.15, 0.2) is 0 Å². The molecule has 2 nitrogen and oxygen atoms in total. The summed E-state index contributed by atoms with van der Waals surface area (Å²) in [5.74, 6) is 3.48. The molecule has 0 aliphatic heterocycles. The van der Waals surface area contributed by atoms with Crippen LogP contribution in [0.1, 0.15) is 5.56 Å². The van der Waals surface area contributed by atoms with E-state index < -0.39 is 0 Å². The summed E-state index contributed by atoms with van der Waals surface area (Å²) in [4.78, 5) is 0. The molecule has 1 rings (SSSR count). The molecule has 0 bridgehead atoms. The van der Waals surface area contributed by atoms with Crippen LogP contribution in [0.4, 0.5) is 0 Å². The van der Waals surface area contributed by atoms with Crippen LogP contribution >= 0.6 is 15.9 Å². The van der Waals surface area contributed by atoms with Gasteiger partial charge in [0, 0.05) is 6.07 Å². The maximum Gasteiger partial charge on any atom is 0.122 e. The maximum absolute atomic E-state index is 5.06. The SMILES string of the molecule is CBr.COc1cc(C)cc(OC)c1. The van der Waals surface area contributed by atoms with Crippen LogP contribution in [0.25, 0.3) is 0 Å². The van der Waals surface area contributed by atoms with Gasteiger partial charge in [-0.25, -0.2) is 0 Å². The molecule has 13 heavy (non-hydrogen) atoms. The summed E-state index contributed by atoms with van der Waals surface area (Å²) >= 11 is 2.94. The van der Waals surface area contributed by atoms with Crippen molar-refractivity contribution in [3.8, 4) is 11.5 Å². The van der Waals surface area contributed by atoms with Gasteiger partial charge >= 0.3 is 0 Å². The van der Waals surface area contributed by atoms with E-state index in [0.29, 0.717) is 0 Å². The largest absolute Gasteiger partial charge is 0.497 e. The molecule has 0 aliphatic carbocycles. The average Bonchev–Trinajstić information content (AvgIpc) is 2.20. The summed E-state index contributed by atoms with van der Waals surface area (Å²) in [6.07, 6.45) is 0. The summed E-state index contributed by atoms with van der Waals surface area (Å²) in [6.45, 7) is 2.00. The monoisotopic (exact) mass is 246 g/mol. The van der Waals surface area contributed by atoms with E-state index in [9.17, 15) is 0 Å². The Hall–Kier alpha value is -0.700. The molecule has 0 radical (unpaired) electrons. The van der Waals surface area contributed by atoms with Gasteiger partial charge < -0.3 is 9.47 Å². The molecule has 3 heteroatoms. The molecule has 0 spiro atoms. The standard InChI is InChI=1S/C9H12O2.CH3Br/c1-7-4-8(10-2)6-9(5-7)11-3;1-2/h4-6H,1-3H3;1H3. The van der Waals surface area contributed by atoms with E-state index in [1.165, 1.54) is 0 Å². The first-order chi connectivity index (χ1) is 6.26. The number of ether oxygens (including phenoxy) is 2. The van der Waals surface area contributed by atoms with Crippen LogP contribution in [-0.2, 0) is 0 Å². The van der Waals surface area contributed by atoms with Gasteiger partial charge in [0.1, 0.15) is 11.5 Å². The minimum atomic E-state index is 0.835. The lowest BCUT2D eigenvalue weighted by Gasteiger charge is -2.04. The van der Waals surface area contributed by atoms with Crippen molar-refractivity contribution in [3.63, 3.8) is 0 Å². The van der Waals surface area contributed by atoms with Gasteiger partial charge in [-0.05, 0) is 30.5 Å². The number of methoxy groups -OCH3 is 2. The molecule has 1 aromatic carbocycles. The molecule has 0 saturated heterocycles. The molecule has 0 aliphatic rings. The Morgan fingerprint density at radius 2 is 1.31 bits per heavy atom. The van der Waals surface area contributed by atoms with Crippen molar-refractivity contribution in [3.05, 3.63) is 23.8 Å². The highest BCUT2D eigenvalue weighted by atomic mass is 79.9. The van der Waals surface area contributed by atoms with Crippen molar-refractivity contribution in [2.45, 2.75) is 6.92 Å². The number of halogens is 1. The van der Waals surface area contributed by atoms with E-state index in [-0.39, 0.29) is 0 Å². The predicted octanol–water partition coefficient (Wildman–Crippen LogP) is 3.02. The molecule has 1 aromatic rings. The van der Waals surface area contributed by atoms with Crippen LogP contribution in [0.3, 0.4) is 0 Å². The normalized spacial score (nSPS) is 8.38. The molecule has 0 heterocycles. The van der Waals surface area contributed by atoms with E-state index in [2.05, 4.69) is 15.9 Å². The van der Waals surface area contributed by atoms with Gasteiger partial charge in [0.05, 0.1) is 14.2 Å². The summed E-state index contributed by atoms with van der Waals surface area (Å²) in [7, 11) is 3.29. The number of hydrogen-bond acceptors (Lipinski definition) is 2. The maximum atomic E-state index is 5.06. The van der Waals surface area contributed by atoms with Crippen molar-refractivity contribution in [2.24, 2.45) is 0 Å². The first kappa shape index (κ1) is 12.3. The lowest BCUT2D eigenvalue weighted by atomic mass is 10.2. The zero-order valence-electron chi connectivity index (χ0n) is 8.43. The second kappa shape index (κ2) is 6.78. The summed E-state index contributed by atoms with van der Waals surface area (Å²) in [6, 6.07) is 5.78. The van der Waals surface area contributed by atoms with Gasteiger partial charge in [0.2, 0.25) is 0 Å². The van der Waals surface area contributed by atoms with E-state index in [0.717, 1.165) is 17.1 Å². The predicted molar refractivity (Wildman–Crippen MR) is 59.1 cm³/mol. The average molecular weight is 247 g/mol. The minimum Gasteiger partial charge on any atom is -0.497 e. The molecular weight excluding hydrogens is 232 g/mol. The Morgan fingerprint density at radius 1 is 0.923 bits per heavy atom. The molecule has 74 valence electrons. The van der Waals surface area contributed by atoms with E-state index in [1.807, 2.05) is 31.0 Å². The second-order valence-corrected chi connectivity index (χ2v) is 2.39. The third kappa shape index (κ3) is 4.18. The molecule has 0 amide bonds. The van der Waals surface area contributed by atoms with Crippen molar-refractivity contribution in [1.82, 2.24) is 0 Å². The van der Waals surface area contributed by atoms with E-state index in [4.69, 9.17) is 9.47 Å². The van der Waals surface area contributed by atoms with E-state index in [1.54, 1.807) is 14.2 Å². The van der Waals surface area contributed by atoms with Crippen molar-refractivity contribution in [1.29, 1.82) is 0 Å². The van der Waals surface area contributed by atoms with Crippen molar-refractivity contribution < 1.29 is 9.47 Å². The summed E-state index contributed by atoms with van der Waals surface area (Å²) in [5, 5.41) is 0. The molecular formula is C10H15BrO2. The summed E-state index contributed by atoms with van der Waals surface area (Å²) in [5.41, 5.74) is 1.14. The minimum absolute atomic E-state index is 0.835. The zero-order valence-corrected chi connectivity index (χ0v) is 10.0. The van der Waals surface area contributed by atoms with Gasteiger partial charge in [-0.2, -0.15) is 0 Å². The molecule has 0 fully saturated rings. The van der Waals surface area contributed by atoms with Crippen LogP contribution in [0.2, 0.25) is 0 Å². The quantitative estimate of drug-likeness (QED) is 0.748. The molecule has 0 N–H and O–H groups in total. The number of alkyl halides is 1. The van der Waals surface area contributed by atoms with Gasteiger partial charge in [0.25, 0.3) is 0 Å². The Bertz CT molecular complexity index is 226. The zero-order chi connectivity index (χ0) is 10.3. The Balaban J connectivity index is 0.000000671. The smallest absolute Gasteiger partial charge is 0.122 e. The fraction of sp³-hybridized carbons (Fsp3) is 0.400. The van der Waals surface area contributed by atoms with Crippen LogP contribution in [0.15, 0.2) is 18.2 Å². The van der Waals surface area contributed by atoms with Crippen molar-refractivity contribution in [2.75, 3.05) is 20.1 Å². The highest BCUT2D eigenvalue weighted by Gasteiger charge is 1.96. The second-order valence-electron chi connectivity index (χ2n) is 2.39. The Kier molecular flexibility index (Phi) is 6.41. The fourth-order valence-electron chi connectivity index (χ4n) is 0.950. The topological polar surface area (TPSA) is 18.5 Å². The lowest BCUT2D eigenvalue weighted by Crippen LogP contribution is -1.87. The van der Waals surface area contributed by atoms with Gasteiger partial charge in [-0.3, -0.25) is 0 Å². The van der Waals surface area contributed by atoms with Crippen LogP contribution in [0, 0.1) is 6.92 Å². The Morgan fingerprint density at radius 3 is 1.62 bits per heavy atom. The first-order valence-corrected chi connectivity index (χ1v) is 5.42. The summed E-state index contributed by atoms with van der Waals surface area (Å²) < 4.78 is 10.1. The van der Waals surface area contributed by atoms with Gasteiger partial charge in [-0.15, -0.1) is 0 Å². The number of rotatable bonds is 2. The fourth-order valence-corrected chi connectivity index (χ4v) is 0.950. The highest BCUT2D eigenvalue weighted by Crippen LogP contribution is 2.21. The lowest BCUT2D eigenvalue weighted by molar-refractivity contribution is 0.394. The third-order valence-electron chi connectivity index (χ3n) is 1.50. The molecule has 0 unspecified atom stereocenters. The Labute approximate surface area is 88.0 Å². The van der Waals surface area contributed by atoms with Crippen LogP contribution in [0.5, 0.6) is 11.5 Å². The van der Waals surface area contributed by atoms with Crippen molar-refractivity contribution >= 4 is 15.9 Å². The highest BCUT2D eigenvalue weighted by molar-refractivity contribution is 9.08. The molecule has 0 atom stereocenters. The number of aryl methyl sites for hydroxylation is 1. The first-order valence-electron chi connectivity index (χ1n) is 3.83. The number of benzene rings is 1. The molecule has 0 saturated carbocycles. The van der Waals surface area contributed by atoms with Crippen LogP contribution < -0.4 is 9.47 Å². The number of hydrogen-bond donors (Lipinski definition) is 0. The van der Waals surface area contributed by atoms with Gasteiger partial charge in [-0.1, -0.05) is 15.9 Å². The van der Waals surface area contributed by atoms with Crippen LogP contribution in [-0.4, -0.2) is 20.1 Å². The van der Waals surface area contributed by atoms with E-state index >= 15 is 0 Å². The third-order valence-corrected chi connectivity index (χ3v) is 1.50.